The average molecular weight is 458 g/mol. The summed E-state index contributed by atoms with van der Waals surface area (Å²) >= 11 is 0. The van der Waals surface area contributed by atoms with Gasteiger partial charge in [0.2, 0.25) is 0 Å². The lowest BCUT2D eigenvalue weighted by molar-refractivity contribution is 0.0992. The minimum absolute atomic E-state index is 0. The van der Waals surface area contributed by atoms with Gasteiger partial charge in [0.15, 0.2) is 5.96 Å². The number of hydrogen-bond acceptors (Lipinski definition) is 3. The van der Waals surface area contributed by atoms with Crippen LogP contribution in [0.2, 0.25) is 0 Å². The Hall–Kier alpha value is -1.02. The molecule has 3 rings (SSSR count). The first-order chi connectivity index (χ1) is 11.7. The van der Waals surface area contributed by atoms with E-state index in [1.165, 1.54) is 24.1 Å². The first kappa shape index (κ1) is 20.3. The number of fused-ring (bicyclic) bond motifs is 2. The molecule has 0 aliphatic carbocycles. The fraction of sp³-hybridized carbons (Fsp3) is 0.632. The lowest BCUT2D eigenvalue weighted by Crippen LogP contribution is -2.48. The second-order valence-corrected chi connectivity index (χ2v) is 6.73. The van der Waals surface area contributed by atoms with Gasteiger partial charge in [0.05, 0.1) is 18.2 Å². The van der Waals surface area contributed by atoms with Crippen LogP contribution in [0.3, 0.4) is 0 Å². The summed E-state index contributed by atoms with van der Waals surface area (Å²) in [7, 11) is 1.84. The molecular weight excluding hydrogens is 427 g/mol. The van der Waals surface area contributed by atoms with Crippen LogP contribution in [0, 0.1) is 6.92 Å². The highest BCUT2D eigenvalue weighted by Crippen LogP contribution is 2.34. The fourth-order valence-corrected chi connectivity index (χ4v) is 3.84. The summed E-state index contributed by atoms with van der Waals surface area (Å²) < 4.78 is 5.91. The minimum atomic E-state index is 0. The van der Waals surface area contributed by atoms with Gasteiger partial charge in [0.1, 0.15) is 0 Å². The quantitative estimate of drug-likeness (QED) is 0.391. The Morgan fingerprint density at radius 2 is 2.12 bits per heavy atom. The van der Waals surface area contributed by atoms with E-state index in [0.29, 0.717) is 18.2 Å². The summed E-state index contributed by atoms with van der Waals surface area (Å²) in [4.78, 5) is 6.77. The van der Waals surface area contributed by atoms with Gasteiger partial charge in [-0.3, -0.25) is 4.99 Å². The monoisotopic (exact) mass is 458 g/mol. The van der Waals surface area contributed by atoms with Crippen LogP contribution in [0.1, 0.15) is 31.7 Å². The summed E-state index contributed by atoms with van der Waals surface area (Å²) in [5.74, 6) is 0.886. The van der Waals surface area contributed by atoms with Gasteiger partial charge in [-0.2, -0.15) is 0 Å². The van der Waals surface area contributed by atoms with Gasteiger partial charge >= 0.3 is 0 Å². The maximum atomic E-state index is 5.91. The number of anilines is 1. The van der Waals surface area contributed by atoms with Gasteiger partial charge in [-0.25, -0.2) is 0 Å². The molecule has 1 aromatic carbocycles. The van der Waals surface area contributed by atoms with Gasteiger partial charge in [-0.05, 0) is 44.7 Å². The molecule has 0 aromatic heterocycles. The van der Waals surface area contributed by atoms with E-state index in [4.69, 9.17) is 4.74 Å². The third kappa shape index (κ3) is 5.00. The third-order valence-corrected chi connectivity index (χ3v) is 5.16. The van der Waals surface area contributed by atoms with Crippen molar-refractivity contribution in [2.45, 2.75) is 51.4 Å². The second kappa shape index (κ2) is 9.62. The van der Waals surface area contributed by atoms with Crippen molar-refractivity contribution in [3.8, 4) is 0 Å². The third-order valence-electron chi connectivity index (χ3n) is 5.16. The van der Waals surface area contributed by atoms with Crippen molar-refractivity contribution >= 4 is 35.6 Å². The maximum Gasteiger partial charge on any atom is 0.191 e. The van der Waals surface area contributed by atoms with E-state index in [9.17, 15) is 0 Å². The smallest absolute Gasteiger partial charge is 0.191 e. The van der Waals surface area contributed by atoms with Crippen molar-refractivity contribution in [2.24, 2.45) is 4.99 Å². The summed E-state index contributed by atoms with van der Waals surface area (Å²) in [6.07, 6.45) is 4.33. The SMILES string of the molecule is CCN(CCNC(=NC)NC1CC2CCC1O2)c1ccccc1C.I. The van der Waals surface area contributed by atoms with Crippen molar-refractivity contribution in [2.75, 3.05) is 31.6 Å². The largest absolute Gasteiger partial charge is 0.373 e. The molecule has 2 heterocycles. The highest BCUT2D eigenvalue weighted by molar-refractivity contribution is 14.0. The fourth-order valence-electron chi connectivity index (χ4n) is 3.84. The number of benzene rings is 1. The van der Waals surface area contributed by atoms with Crippen molar-refractivity contribution in [3.05, 3.63) is 29.8 Å². The Balaban J connectivity index is 0.00000225. The molecule has 3 atom stereocenters. The van der Waals surface area contributed by atoms with Crippen molar-refractivity contribution in [1.29, 1.82) is 0 Å². The average Bonchev–Trinajstić information content (AvgIpc) is 3.21. The molecule has 2 N–H and O–H groups in total. The number of halogens is 1. The van der Waals surface area contributed by atoms with Gasteiger partial charge in [0.25, 0.3) is 0 Å². The number of nitrogens with zero attached hydrogens (tertiary/aromatic N) is 2. The van der Waals surface area contributed by atoms with E-state index in [0.717, 1.165) is 32.0 Å². The highest BCUT2D eigenvalue weighted by Gasteiger charge is 2.41. The minimum Gasteiger partial charge on any atom is -0.373 e. The molecule has 0 radical (unpaired) electrons. The number of aliphatic imine (C=N–C) groups is 1. The number of guanidine groups is 1. The van der Waals surface area contributed by atoms with Crippen LogP contribution in [0.5, 0.6) is 0 Å². The Bertz CT molecular complexity index is 580. The van der Waals surface area contributed by atoms with Crippen LogP contribution in [0.25, 0.3) is 0 Å². The molecule has 1 aromatic rings. The van der Waals surface area contributed by atoms with Gasteiger partial charge < -0.3 is 20.3 Å². The van der Waals surface area contributed by atoms with E-state index in [1.54, 1.807) is 0 Å². The zero-order chi connectivity index (χ0) is 16.9. The molecule has 2 saturated heterocycles. The number of aryl methyl sites for hydroxylation is 1. The molecule has 2 bridgehead atoms. The van der Waals surface area contributed by atoms with E-state index >= 15 is 0 Å². The van der Waals surface area contributed by atoms with Gasteiger partial charge in [-0.1, -0.05) is 18.2 Å². The number of ether oxygens (including phenoxy) is 1. The van der Waals surface area contributed by atoms with Crippen LogP contribution in [0.4, 0.5) is 5.69 Å². The van der Waals surface area contributed by atoms with Gasteiger partial charge in [-0.15, -0.1) is 24.0 Å². The summed E-state index contributed by atoms with van der Waals surface area (Å²) in [6, 6.07) is 8.97. The summed E-state index contributed by atoms with van der Waals surface area (Å²) in [6.45, 7) is 7.19. The molecule has 0 amide bonds. The molecule has 2 aliphatic rings. The van der Waals surface area contributed by atoms with Crippen molar-refractivity contribution in [3.63, 3.8) is 0 Å². The number of para-hydroxylation sites is 1. The molecule has 0 spiro atoms. The summed E-state index contributed by atoms with van der Waals surface area (Å²) in [5, 5.41) is 6.99. The van der Waals surface area contributed by atoms with Crippen LogP contribution in [0.15, 0.2) is 29.3 Å². The second-order valence-electron chi connectivity index (χ2n) is 6.73. The van der Waals surface area contributed by atoms with Crippen LogP contribution in [-0.4, -0.2) is 50.9 Å². The topological polar surface area (TPSA) is 48.9 Å². The Kier molecular flexibility index (Phi) is 7.81. The Morgan fingerprint density at radius 1 is 1.32 bits per heavy atom. The lowest BCUT2D eigenvalue weighted by atomic mass is 9.96. The molecule has 3 unspecified atom stereocenters. The number of hydrogen-bond donors (Lipinski definition) is 2. The summed E-state index contributed by atoms with van der Waals surface area (Å²) in [5.41, 5.74) is 2.63. The Labute approximate surface area is 168 Å². The number of nitrogens with one attached hydrogen (secondary N) is 2. The Morgan fingerprint density at radius 3 is 2.72 bits per heavy atom. The van der Waals surface area contributed by atoms with Crippen LogP contribution >= 0.6 is 24.0 Å². The lowest BCUT2D eigenvalue weighted by Gasteiger charge is -2.26. The highest BCUT2D eigenvalue weighted by atomic mass is 127. The molecule has 6 heteroatoms. The first-order valence-electron chi connectivity index (χ1n) is 9.14. The van der Waals surface area contributed by atoms with E-state index in [-0.39, 0.29) is 24.0 Å². The molecule has 5 nitrogen and oxygen atoms in total. The first-order valence-corrected chi connectivity index (χ1v) is 9.14. The molecule has 140 valence electrons. The molecule has 0 saturated carbocycles. The number of likely N-dealkylation sites (N-methyl/N-ethyl adjacent to an activating group) is 1. The maximum absolute atomic E-state index is 5.91. The normalized spacial score (nSPS) is 24.8. The van der Waals surface area contributed by atoms with Crippen LogP contribution < -0.4 is 15.5 Å². The number of rotatable bonds is 6. The molecule has 25 heavy (non-hydrogen) atoms. The standard InChI is InChI=1S/C19H30N4O.HI/c1-4-23(17-8-6-5-7-14(17)2)12-11-21-19(20-3)22-16-13-15-9-10-18(16)24-15;/h5-8,15-16,18H,4,9-13H2,1-3H3,(H2,20,21,22);1H. The molecule has 2 aliphatic heterocycles. The zero-order valence-electron chi connectivity index (χ0n) is 15.5. The van der Waals surface area contributed by atoms with Crippen molar-refractivity contribution in [1.82, 2.24) is 10.6 Å². The predicted molar refractivity (Wildman–Crippen MR) is 115 cm³/mol. The van der Waals surface area contributed by atoms with Crippen LogP contribution in [-0.2, 0) is 4.74 Å². The molecular formula is C19H31IN4O. The van der Waals surface area contributed by atoms with E-state index < -0.39 is 0 Å². The molecule has 2 fully saturated rings. The zero-order valence-corrected chi connectivity index (χ0v) is 17.8. The van der Waals surface area contributed by atoms with Crippen molar-refractivity contribution < 1.29 is 4.74 Å². The van der Waals surface area contributed by atoms with Gasteiger partial charge in [0, 0.05) is 32.4 Å². The predicted octanol–water partition coefficient (Wildman–Crippen LogP) is 2.92. The van der Waals surface area contributed by atoms with E-state index in [2.05, 4.69) is 58.6 Å². The van der Waals surface area contributed by atoms with E-state index in [1.807, 2.05) is 7.05 Å².